The van der Waals surface area contributed by atoms with Crippen molar-refractivity contribution in [3.8, 4) is 5.75 Å². The fourth-order valence-corrected chi connectivity index (χ4v) is 3.66. The van der Waals surface area contributed by atoms with Crippen molar-refractivity contribution in [1.82, 2.24) is 0 Å². The first-order valence-electron chi connectivity index (χ1n) is 9.22. The van der Waals surface area contributed by atoms with Crippen molar-refractivity contribution in [2.75, 3.05) is 25.1 Å². The molecule has 3 atom stereocenters. The molecule has 0 radical (unpaired) electrons. The van der Waals surface area contributed by atoms with E-state index < -0.39 is 0 Å². The number of hydrogen-bond donors (Lipinski definition) is 2. The number of esters is 1. The van der Waals surface area contributed by atoms with E-state index in [1.165, 1.54) is 11.3 Å². The van der Waals surface area contributed by atoms with Crippen LogP contribution in [0.5, 0.6) is 5.75 Å². The van der Waals surface area contributed by atoms with Gasteiger partial charge in [-0.15, -0.1) is 0 Å². The summed E-state index contributed by atoms with van der Waals surface area (Å²) in [4.78, 5) is 25.8. The smallest absolute Gasteiger partial charge is 0.365 e. The molecule has 0 spiro atoms. The number of amides is 1. The maximum atomic E-state index is 12.4. The molecule has 2 fully saturated rings. The summed E-state index contributed by atoms with van der Waals surface area (Å²) >= 11 is 0. The first-order chi connectivity index (χ1) is 12.2. The minimum atomic E-state index is -0.383. The minimum absolute atomic E-state index is 0.150. The summed E-state index contributed by atoms with van der Waals surface area (Å²) in [5, 5.41) is 2.87. The van der Waals surface area contributed by atoms with Gasteiger partial charge in [0.1, 0.15) is 18.4 Å². The van der Waals surface area contributed by atoms with E-state index in [-0.39, 0.29) is 24.3 Å². The van der Waals surface area contributed by atoms with Crippen LogP contribution in [0.2, 0.25) is 0 Å². The van der Waals surface area contributed by atoms with Gasteiger partial charge in [0.25, 0.3) is 0 Å². The molecule has 136 valence electrons. The van der Waals surface area contributed by atoms with Crippen LogP contribution in [0.25, 0.3) is 0 Å². The van der Waals surface area contributed by atoms with Crippen LogP contribution in [-0.2, 0) is 14.3 Å². The molecule has 1 amide bonds. The van der Waals surface area contributed by atoms with Gasteiger partial charge in [-0.25, -0.2) is 4.79 Å². The summed E-state index contributed by atoms with van der Waals surface area (Å²) in [7, 11) is 0. The van der Waals surface area contributed by atoms with Crippen molar-refractivity contribution in [3.63, 3.8) is 0 Å². The number of benzene rings is 1. The lowest BCUT2D eigenvalue weighted by atomic mass is 9.97. The van der Waals surface area contributed by atoms with Gasteiger partial charge in [-0.2, -0.15) is 0 Å². The molecule has 2 aliphatic rings. The minimum Gasteiger partial charge on any atom is -0.494 e. The molecule has 0 aliphatic carbocycles. The summed E-state index contributed by atoms with van der Waals surface area (Å²) in [6, 6.07) is 7.28. The quantitative estimate of drug-likeness (QED) is 0.758. The molecule has 3 rings (SSSR count). The highest BCUT2D eigenvalue weighted by atomic mass is 16.5. The Bertz CT molecular complexity index is 602. The standard InChI is InChI=1S/C19H26N2O4/c1-2-11-24-16-8-6-14(7-9-16)20-18(22)12-17-19(23)25-13-15-5-3-4-10-21(15)17/h6-9,15,17H,2-5,10-13H2,1H3,(H,20,22)/p+1/t15-,17-/m0/s1. The molecule has 0 saturated carbocycles. The van der Waals surface area contributed by atoms with Crippen molar-refractivity contribution >= 4 is 17.6 Å². The van der Waals surface area contributed by atoms with Crippen LogP contribution < -0.4 is 15.0 Å². The lowest BCUT2D eigenvalue weighted by molar-refractivity contribution is -0.951. The predicted molar refractivity (Wildman–Crippen MR) is 93.7 cm³/mol. The number of hydrogen-bond acceptors (Lipinski definition) is 4. The van der Waals surface area contributed by atoms with Crippen LogP contribution in [0.15, 0.2) is 24.3 Å². The topological polar surface area (TPSA) is 69.1 Å². The molecule has 2 N–H and O–H groups in total. The zero-order valence-corrected chi connectivity index (χ0v) is 14.8. The maximum Gasteiger partial charge on any atom is 0.365 e. The second kappa shape index (κ2) is 8.34. The van der Waals surface area contributed by atoms with Gasteiger partial charge in [0, 0.05) is 12.1 Å². The fourth-order valence-electron chi connectivity index (χ4n) is 3.66. The number of nitrogens with one attached hydrogen (secondary N) is 2. The average Bonchev–Trinajstić information content (AvgIpc) is 2.63. The molecule has 2 heterocycles. The van der Waals surface area contributed by atoms with Crippen molar-refractivity contribution < 1.29 is 24.0 Å². The van der Waals surface area contributed by atoms with Crippen molar-refractivity contribution in [1.29, 1.82) is 0 Å². The Labute approximate surface area is 148 Å². The number of ether oxygens (including phenoxy) is 2. The third-order valence-corrected chi connectivity index (χ3v) is 4.95. The number of fused-ring (bicyclic) bond motifs is 1. The third-order valence-electron chi connectivity index (χ3n) is 4.95. The molecule has 0 bridgehead atoms. The van der Waals surface area contributed by atoms with Crippen LogP contribution in [0, 0.1) is 0 Å². The van der Waals surface area contributed by atoms with Crippen LogP contribution in [-0.4, -0.2) is 43.7 Å². The monoisotopic (exact) mass is 347 g/mol. The number of carbonyl (C=O) groups is 2. The normalized spacial score (nSPS) is 25.6. The third kappa shape index (κ3) is 4.51. The Morgan fingerprint density at radius 2 is 2.12 bits per heavy atom. The molecule has 1 aromatic rings. The number of morpholine rings is 1. The molecule has 6 nitrogen and oxygen atoms in total. The lowest BCUT2D eigenvalue weighted by Crippen LogP contribution is -3.22. The van der Waals surface area contributed by atoms with Gasteiger partial charge in [0.2, 0.25) is 5.91 Å². The molecule has 2 aliphatic heterocycles. The average molecular weight is 347 g/mol. The molecule has 1 aromatic carbocycles. The summed E-state index contributed by atoms with van der Waals surface area (Å²) < 4.78 is 10.8. The summed E-state index contributed by atoms with van der Waals surface area (Å²) in [5.41, 5.74) is 0.711. The molecular weight excluding hydrogens is 320 g/mol. The second-order valence-electron chi connectivity index (χ2n) is 6.83. The van der Waals surface area contributed by atoms with Gasteiger partial charge in [0.15, 0.2) is 6.04 Å². The number of cyclic esters (lactones) is 1. The van der Waals surface area contributed by atoms with Gasteiger partial charge in [0.05, 0.1) is 19.6 Å². The van der Waals surface area contributed by atoms with E-state index in [0.29, 0.717) is 24.9 Å². The molecular formula is C19H27N2O4+. The van der Waals surface area contributed by atoms with Gasteiger partial charge < -0.3 is 19.7 Å². The van der Waals surface area contributed by atoms with Gasteiger partial charge in [-0.1, -0.05) is 6.92 Å². The molecule has 0 aromatic heterocycles. The highest BCUT2D eigenvalue weighted by molar-refractivity contribution is 5.94. The SMILES string of the molecule is CCCOc1ccc(NC(=O)C[C@H]2C(=O)OC[C@@H]3CCCC[NH+]32)cc1. The predicted octanol–water partition coefficient (Wildman–Crippen LogP) is 1.17. The van der Waals surface area contributed by atoms with E-state index in [1.54, 1.807) is 0 Å². The largest absolute Gasteiger partial charge is 0.494 e. The zero-order chi connectivity index (χ0) is 17.6. The fraction of sp³-hybridized carbons (Fsp3) is 0.579. The van der Waals surface area contributed by atoms with E-state index in [9.17, 15) is 9.59 Å². The number of anilines is 1. The number of rotatable bonds is 6. The summed E-state index contributed by atoms with van der Waals surface area (Å²) in [6.45, 7) is 4.17. The second-order valence-corrected chi connectivity index (χ2v) is 6.83. The van der Waals surface area contributed by atoms with Crippen molar-refractivity contribution in [2.45, 2.75) is 51.1 Å². The Morgan fingerprint density at radius 3 is 2.88 bits per heavy atom. The Morgan fingerprint density at radius 1 is 1.32 bits per heavy atom. The van der Waals surface area contributed by atoms with Crippen molar-refractivity contribution in [3.05, 3.63) is 24.3 Å². The van der Waals surface area contributed by atoms with Crippen LogP contribution in [0.3, 0.4) is 0 Å². The lowest BCUT2D eigenvalue weighted by Gasteiger charge is -2.40. The molecule has 25 heavy (non-hydrogen) atoms. The van der Waals surface area contributed by atoms with E-state index >= 15 is 0 Å². The van der Waals surface area contributed by atoms with E-state index in [1.807, 2.05) is 24.3 Å². The molecule has 6 heteroatoms. The Balaban J connectivity index is 1.56. The number of carbonyl (C=O) groups excluding carboxylic acids is 2. The zero-order valence-electron chi connectivity index (χ0n) is 14.8. The van der Waals surface area contributed by atoms with E-state index in [4.69, 9.17) is 9.47 Å². The van der Waals surface area contributed by atoms with Gasteiger partial charge in [-0.05, 0) is 43.5 Å². The Kier molecular flexibility index (Phi) is 5.91. The Hall–Kier alpha value is -2.08. The van der Waals surface area contributed by atoms with Crippen LogP contribution >= 0.6 is 0 Å². The molecule has 1 unspecified atom stereocenters. The van der Waals surface area contributed by atoms with Gasteiger partial charge in [-0.3, -0.25) is 4.79 Å². The number of piperidine rings is 1. The van der Waals surface area contributed by atoms with Crippen LogP contribution in [0.4, 0.5) is 5.69 Å². The first-order valence-corrected chi connectivity index (χ1v) is 9.22. The summed E-state index contributed by atoms with van der Waals surface area (Å²) in [6.07, 6.45) is 4.47. The first kappa shape index (κ1) is 17.7. The number of quaternary nitrogens is 1. The van der Waals surface area contributed by atoms with Crippen molar-refractivity contribution in [2.24, 2.45) is 0 Å². The van der Waals surface area contributed by atoms with E-state index in [0.717, 1.165) is 31.6 Å². The maximum absolute atomic E-state index is 12.4. The summed E-state index contributed by atoms with van der Waals surface area (Å²) in [5.74, 6) is 0.394. The van der Waals surface area contributed by atoms with Gasteiger partial charge >= 0.3 is 5.97 Å². The van der Waals surface area contributed by atoms with E-state index in [2.05, 4.69) is 12.2 Å². The molecule has 2 saturated heterocycles. The van der Waals surface area contributed by atoms with Crippen LogP contribution in [0.1, 0.15) is 39.0 Å². The highest BCUT2D eigenvalue weighted by Crippen LogP contribution is 2.17. The highest BCUT2D eigenvalue weighted by Gasteiger charge is 2.43.